The number of aliphatic imine (C=N–C) groups is 1. The highest BCUT2D eigenvalue weighted by atomic mass is 19.3. The number of hydrogen-bond acceptors (Lipinski definition) is 3. The first-order valence-corrected chi connectivity index (χ1v) is 6.41. The van der Waals surface area contributed by atoms with E-state index < -0.39 is 6.61 Å². The predicted molar refractivity (Wildman–Crippen MR) is 77.8 cm³/mol. The molecule has 1 rings (SSSR count). The summed E-state index contributed by atoms with van der Waals surface area (Å²) in [4.78, 5) is 4.13. The summed E-state index contributed by atoms with van der Waals surface area (Å²) in [5.74, 6) is 0.815. The molecule has 0 radical (unpaired) electrons. The minimum Gasteiger partial charge on any atom is -0.497 e. The summed E-state index contributed by atoms with van der Waals surface area (Å²) in [6, 6.07) is 4.55. The van der Waals surface area contributed by atoms with Gasteiger partial charge in [0.2, 0.25) is 0 Å². The van der Waals surface area contributed by atoms with Crippen LogP contribution in [0.4, 0.5) is 8.78 Å². The molecule has 118 valence electrons. The molecular formula is C14H21F2N3O2. The molecule has 0 bridgehead atoms. The molecule has 0 aliphatic carbocycles. The highest BCUT2D eigenvalue weighted by Gasteiger charge is 2.12. The van der Waals surface area contributed by atoms with E-state index in [-0.39, 0.29) is 23.8 Å². The number of nitrogens with zero attached hydrogens (tertiary/aromatic N) is 1. The average molecular weight is 301 g/mol. The number of hydrogen-bond donors (Lipinski definition) is 2. The van der Waals surface area contributed by atoms with Crippen molar-refractivity contribution in [3.05, 3.63) is 23.8 Å². The number of rotatable bonds is 5. The summed E-state index contributed by atoms with van der Waals surface area (Å²) in [5.41, 5.74) is 5.98. The molecule has 5 nitrogen and oxygen atoms in total. The van der Waals surface area contributed by atoms with Crippen molar-refractivity contribution >= 4 is 5.96 Å². The van der Waals surface area contributed by atoms with Gasteiger partial charge >= 0.3 is 6.61 Å². The van der Waals surface area contributed by atoms with Crippen LogP contribution in [0.25, 0.3) is 0 Å². The molecule has 0 atom stereocenters. The molecule has 21 heavy (non-hydrogen) atoms. The third-order valence-corrected chi connectivity index (χ3v) is 2.41. The van der Waals surface area contributed by atoms with Crippen LogP contribution in [-0.2, 0) is 6.54 Å². The lowest BCUT2D eigenvalue weighted by molar-refractivity contribution is -0.0504. The Morgan fingerprint density at radius 1 is 1.38 bits per heavy atom. The summed E-state index contributed by atoms with van der Waals surface area (Å²) in [6.45, 7) is 3.02. The standard InChI is InChI=1S/C14H21F2N3O2/c1-14(2,3)19-13(17)18-8-9-7-10(20-4)5-6-11(9)21-12(15)16/h5-7,12H,8H2,1-4H3,(H3,17,18,19). The van der Waals surface area contributed by atoms with E-state index in [1.165, 1.54) is 13.2 Å². The molecule has 0 saturated carbocycles. The Balaban J connectivity index is 2.91. The molecule has 3 N–H and O–H groups in total. The highest BCUT2D eigenvalue weighted by Crippen LogP contribution is 2.26. The Morgan fingerprint density at radius 2 is 2.05 bits per heavy atom. The number of nitrogens with one attached hydrogen (secondary N) is 1. The maximum Gasteiger partial charge on any atom is 0.387 e. The molecule has 0 aliphatic heterocycles. The largest absolute Gasteiger partial charge is 0.497 e. The number of nitrogens with two attached hydrogens (primary N) is 1. The fourth-order valence-corrected chi connectivity index (χ4v) is 1.61. The lowest BCUT2D eigenvalue weighted by Crippen LogP contribution is -2.44. The minimum atomic E-state index is -2.90. The zero-order chi connectivity index (χ0) is 16.0. The third-order valence-electron chi connectivity index (χ3n) is 2.41. The first kappa shape index (κ1) is 17.0. The second-order valence-electron chi connectivity index (χ2n) is 5.43. The van der Waals surface area contributed by atoms with Crippen molar-refractivity contribution in [1.29, 1.82) is 0 Å². The minimum absolute atomic E-state index is 0.0538. The number of guanidine groups is 1. The average Bonchev–Trinajstić information content (AvgIpc) is 2.35. The summed E-state index contributed by atoms with van der Waals surface area (Å²) in [6.07, 6.45) is 0. The molecule has 0 aromatic heterocycles. The van der Waals surface area contributed by atoms with Gasteiger partial charge in [-0.05, 0) is 39.0 Å². The van der Waals surface area contributed by atoms with Gasteiger partial charge in [0.15, 0.2) is 5.96 Å². The molecule has 0 aliphatic rings. The van der Waals surface area contributed by atoms with Gasteiger partial charge in [-0.1, -0.05) is 0 Å². The van der Waals surface area contributed by atoms with E-state index in [2.05, 4.69) is 15.0 Å². The van der Waals surface area contributed by atoms with Crippen LogP contribution in [0.3, 0.4) is 0 Å². The van der Waals surface area contributed by atoms with E-state index in [9.17, 15) is 8.78 Å². The van der Waals surface area contributed by atoms with Crippen LogP contribution in [0, 0.1) is 0 Å². The number of benzene rings is 1. The maximum absolute atomic E-state index is 12.4. The zero-order valence-corrected chi connectivity index (χ0v) is 12.6. The van der Waals surface area contributed by atoms with E-state index in [4.69, 9.17) is 10.5 Å². The molecular weight excluding hydrogens is 280 g/mol. The van der Waals surface area contributed by atoms with Gasteiger partial charge in [0.1, 0.15) is 11.5 Å². The van der Waals surface area contributed by atoms with Gasteiger partial charge in [-0.2, -0.15) is 8.78 Å². The van der Waals surface area contributed by atoms with Crippen molar-refractivity contribution in [3.8, 4) is 11.5 Å². The lowest BCUT2D eigenvalue weighted by atomic mass is 10.1. The fourth-order valence-electron chi connectivity index (χ4n) is 1.61. The van der Waals surface area contributed by atoms with Crippen LogP contribution in [0.5, 0.6) is 11.5 Å². The Kier molecular flexibility index (Phi) is 5.75. The van der Waals surface area contributed by atoms with Gasteiger partial charge in [-0.25, -0.2) is 4.99 Å². The summed E-state index contributed by atoms with van der Waals surface area (Å²) < 4.78 is 34.3. The number of ether oxygens (including phenoxy) is 2. The molecule has 0 unspecified atom stereocenters. The summed E-state index contributed by atoms with van der Waals surface area (Å²) in [5, 5.41) is 2.99. The highest BCUT2D eigenvalue weighted by molar-refractivity contribution is 5.78. The number of alkyl halides is 2. The van der Waals surface area contributed by atoms with Gasteiger partial charge in [0.05, 0.1) is 13.7 Å². The van der Waals surface area contributed by atoms with Crippen LogP contribution in [0.1, 0.15) is 26.3 Å². The van der Waals surface area contributed by atoms with Crippen LogP contribution >= 0.6 is 0 Å². The predicted octanol–water partition coefficient (Wildman–Crippen LogP) is 2.50. The van der Waals surface area contributed by atoms with E-state index in [1.807, 2.05) is 20.8 Å². The van der Waals surface area contributed by atoms with Crippen LogP contribution in [-0.4, -0.2) is 25.2 Å². The fraction of sp³-hybridized carbons (Fsp3) is 0.500. The molecule has 7 heteroatoms. The molecule has 1 aromatic rings. The SMILES string of the molecule is COc1ccc(OC(F)F)c(CN=C(N)NC(C)(C)C)c1. The number of halogens is 2. The van der Waals surface area contributed by atoms with E-state index in [0.29, 0.717) is 11.3 Å². The van der Waals surface area contributed by atoms with Crippen molar-refractivity contribution in [2.24, 2.45) is 10.7 Å². The molecule has 0 heterocycles. The van der Waals surface area contributed by atoms with E-state index >= 15 is 0 Å². The Morgan fingerprint density at radius 3 is 2.57 bits per heavy atom. The van der Waals surface area contributed by atoms with Gasteiger partial charge in [0, 0.05) is 11.1 Å². The Bertz CT molecular complexity index is 499. The van der Waals surface area contributed by atoms with Crippen molar-refractivity contribution < 1.29 is 18.3 Å². The van der Waals surface area contributed by atoms with E-state index in [1.54, 1.807) is 12.1 Å². The molecule has 1 aromatic carbocycles. The van der Waals surface area contributed by atoms with Crippen molar-refractivity contribution in [3.63, 3.8) is 0 Å². The van der Waals surface area contributed by atoms with Crippen molar-refractivity contribution in [2.45, 2.75) is 39.5 Å². The monoisotopic (exact) mass is 301 g/mol. The second-order valence-corrected chi connectivity index (χ2v) is 5.43. The third kappa shape index (κ3) is 6.29. The van der Waals surface area contributed by atoms with Gasteiger partial charge < -0.3 is 20.5 Å². The first-order valence-electron chi connectivity index (χ1n) is 6.41. The Hall–Kier alpha value is -2.05. The van der Waals surface area contributed by atoms with Crippen molar-refractivity contribution in [2.75, 3.05) is 7.11 Å². The van der Waals surface area contributed by atoms with Crippen LogP contribution < -0.4 is 20.5 Å². The second kappa shape index (κ2) is 7.10. The van der Waals surface area contributed by atoms with Gasteiger partial charge in [-0.15, -0.1) is 0 Å². The maximum atomic E-state index is 12.4. The molecule has 0 amide bonds. The lowest BCUT2D eigenvalue weighted by Gasteiger charge is -2.21. The van der Waals surface area contributed by atoms with E-state index in [0.717, 1.165) is 0 Å². The van der Waals surface area contributed by atoms with Crippen LogP contribution in [0.15, 0.2) is 23.2 Å². The van der Waals surface area contributed by atoms with Gasteiger partial charge in [-0.3, -0.25) is 0 Å². The zero-order valence-electron chi connectivity index (χ0n) is 12.6. The summed E-state index contributed by atoms with van der Waals surface area (Å²) >= 11 is 0. The number of methoxy groups -OCH3 is 1. The first-order chi connectivity index (χ1) is 9.71. The quantitative estimate of drug-likeness (QED) is 0.647. The van der Waals surface area contributed by atoms with Crippen LogP contribution in [0.2, 0.25) is 0 Å². The summed E-state index contributed by atoms with van der Waals surface area (Å²) in [7, 11) is 1.49. The van der Waals surface area contributed by atoms with Gasteiger partial charge in [0.25, 0.3) is 0 Å². The molecule has 0 fully saturated rings. The Labute approximate surface area is 123 Å². The normalized spacial score (nSPS) is 12.4. The molecule has 0 saturated heterocycles. The molecule has 0 spiro atoms. The smallest absolute Gasteiger partial charge is 0.387 e. The topological polar surface area (TPSA) is 68.9 Å². The van der Waals surface area contributed by atoms with Crippen molar-refractivity contribution in [1.82, 2.24) is 5.32 Å².